The summed E-state index contributed by atoms with van der Waals surface area (Å²) in [5.41, 5.74) is 1.46. The van der Waals surface area contributed by atoms with E-state index < -0.39 is 0 Å². The Hall–Kier alpha value is -2.43. The molecule has 1 aliphatic heterocycles. The van der Waals surface area contributed by atoms with Gasteiger partial charge in [0.25, 0.3) is 0 Å². The van der Waals surface area contributed by atoms with Gasteiger partial charge in [0.1, 0.15) is 5.82 Å². The highest BCUT2D eigenvalue weighted by atomic mass is 16.2. The molecule has 4 saturated carbocycles. The Bertz CT molecular complexity index is 924. The van der Waals surface area contributed by atoms with Crippen molar-refractivity contribution in [3.05, 3.63) is 54.5 Å². The first-order valence-electron chi connectivity index (χ1n) is 12.5. The number of rotatable bonds is 4. The van der Waals surface area contributed by atoms with Crippen molar-refractivity contribution in [3.8, 4) is 0 Å². The van der Waals surface area contributed by atoms with Crippen LogP contribution in [0.1, 0.15) is 44.6 Å². The molecule has 1 aromatic carbocycles. The van der Waals surface area contributed by atoms with Crippen molar-refractivity contribution in [1.29, 1.82) is 0 Å². The van der Waals surface area contributed by atoms with Gasteiger partial charge in [0.2, 0.25) is 5.91 Å². The molecule has 7 rings (SSSR count). The third kappa shape index (κ3) is 3.15. The van der Waals surface area contributed by atoms with Crippen LogP contribution in [0.15, 0.2) is 48.9 Å². The number of benzene rings is 1. The molecule has 0 unspecified atom stereocenters. The summed E-state index contributed by atoms with van der Waals surface area (Å²) in [7, 11) is 0. The molecule has 5 nitrogen and oxygen atoms in total. The average molecular weight is 431 g/mol. The predicted molar refractivity (Wildman–Crippen MR) is 125 cm³/mol. The topological polar surface area (TPSA) is 49.3 Å². The van der Waals surface area contributed by atoms with Gasteiger partial charge in [0.15, 0.2) is 0 Å². The van der Waals surface area contributed by atoms with E-state index in [1.54, 1.807) is 12.4 Å². The van der Waals surface area contributed by atoms with Crippen molar-refractivity contribution < 1.29 is 4.79 Å². The lowest BCUT2D eigenvalue weighted by molar-refractivity contribution is -0.142. The minimum absolute atomic E-state index is 0.0352. The highest BCUT2D eigenvalue weighted by Gasteiger charge is 2.60. The van der Waals surface area contributed by atoms with Crippen LogP contribution in [0.4, 0.5) is 5.82 Å². The lowest BCUT2D eigenvalue weighted by atomic mass is 9.41. The SMILES string of the molecule is CC1C2CC3CC1CC(C2)C3(CC(=O)N1CCN(c2cnccn2)CC1)c1ccccc1. The Balaban J connectivity index is 1.23. The number of hydrogen-bond donors (Lipinski definition) is 0. The van der Waals surface area contributed by atoms with E-state index in [1.807, 2.05) is 6.20 Å². The fourth-order valence-electron chi connectivity index (χ4n) is 7.88. The maximum Gasteiger partial charge on any atom is 0.223 e. The van der Waals surface area contributed by atoms with E-state index in [0.717, 1.165) is 49.8 Å². The average Bonchev–Trinajstić information content (AvgIpc) is 2.84. The van der Waals surface area contributed by atoms with Crippen molar-refractivity contribution in [2.24, 2.45) is 29.6 Å². The van der Waals surface area contributed by atoms with Gasteiger partial charge in [-0.25, -0.2) is 4.98 Å². The summed E-state index contributed by atoms with van der Waals surface area (Å²) >= 11 is 0. The molecule has 4 aliphatic carbocycles. The molecule has 2 aromatic rings. The Morgan fingerprint density at radius 3 is 2.22 bits per heavy atom. The number of anilines is 1. The molecular formula is C27H34N4O. The van der Waals surface area contributed by atoms with Crippen LogP contribution < -0.4 is 4.90 Å². The molecule has 1 aromatic heterocycles. The Labute approximate surface area is 191 Å². The second kappa shape index (κ2) is 7.86. The highest BCUT2D eigenvalue weighted by Crippen LogP contribution is 2.65. The summed E-state index contributed by atoms with van der Waals surface area (Å²) < 4.78 is 0. The first-order valence-corrected chi connectivity index (χ1v) is 12.5. The summed E-state index contributed by atoms with van der Waals surface area (Å²) in [6.07, 6.45) is 11.2. The molecule has 2 heterocycles. The van der Waals surface area contributed by atoms with Gasteiger partial charge in [-0.2, -0.15) is 0 Å². The molecule has 32 heavy (non-hydrogen) atoms. The van der Waals surface area contributed by atoms with Crippen molar-refractivity contribution in [3.63, 3.8) is 0 Å². The van der Waals surface area contributed by atoms with Crippen LogP contribution in [0.25, 0.3) is 0 Å². The van der Waals surface area contributed by atoms with E-state index >= 15 is 0 Å². The van der Waals surface area contributed by atoms with E-state index in [4.69, 9.17) is 0 Å². The molecule has 4 bridgehead atoms. The van der Waals surface area contributed by atoms with Gasteiger partial charge < -0.3 is 9.80 Å². The summed E-state index contributed by atoms with van der Waals surface area (Å²) in [6, 6.07) is 11.1. The molecule has 0 atom stereocenters. The summed E-state index contributed by atoms with van der Waals surface area (Å²) in [6.45, 7) is 5.70. The number of carbonyl (C=O) groups is 1. The van der Waals surface area contributed by atoms with Crippen LogP contribution in [0.3, 0.4) is 0 Å². The van der Waals surface area contributed by atoms with Crippen LogP contribution in [0, 0.1) is 29.6 Å². The zero-order valence-corrected chi connectivity index (χ0v) is 19.1. The molecule has 5 fully saturated rings. The number of hydrogen-bond acceptors (Lipinski definition) is 4. The van der Waals surface area contributed by atoms with E-state index in [-0.39, 0.29) is 5.41 Å². The summed E-state index contributed by atoms with van der Waals surface area (Å²) in [5, 5.41) is 0. The van der Waals surface area contributed by atoms with Crippen molar-refractivity contribution >= 4 is 11.7 Å². The quantitative estimate of drug-likeness (QED) is 0.731. The van der Waals surface area contributed by atoms with Crippen molar-refractivity contribution in [1.82, 2.24) is 14.9 Å². The zero-order chi connectivity index (χ0) is 21.7. The molecule has 0 spiro atoms. The van der Waals surface area contributed by atoms with E-state index in [0.29, 0.717) is 24.2 Å². The van der Waals surface area contributed by atoms with Gasteiger partial charge in [-0.15, -0.1) is 0 Å². The van der Waals surface area contributed by atoms with Crippen LogP contribution in [-0.4, -0.2) is 47.0 Å². The highest BCUT2D eigenvalue weighted by molar-refractivity contribution is 5.78. The van der Waals surface area contributed by atoms with Gasteiger partial charge in [0, 0.05) is 50.4 Å². The molecule has 5 aliphatic rings. The third-order valence-corrected chi connectivity index (χ3v) is 9.55. The minimum Gasteiger partial charge on any atom is -0.352 e. The molecular weight excluding hydrogens is 396 g/mol. The van der Waals surface area contributed by atoms with Crippen LogP contribution in [-0.2, 0) is 10.2 Å². The monoisotopic (exact) mass is 430 g/mol. The van der Waals surface area contributed by atoms with Crippen LogP contribution in [0.2, 0.25) is 0 Å². The molecule has 168 valence electrons. The predicted octanol–water partition coefficient (Wildman–Crippen LogP) is 4.16. The van der Waals surface area contributed by atoms with Crippen LogP contribution in [0.5, 0.6) is 0 Å². The number of amides is 1. The fourth-order valence-corrected chi connectivity index (χ4v) is 7.88. The van der Waals surface area contributed by atoms with Gasteiger partial charge in [-0.3, -0.25) is 9.78 Å². The molecule has 5 heteroatoms. The Morgan fingerprint density at radius 2 is 1.62 bits per heavy atom. The normalized spacial score (nSPS) is 35.8. The zero-order valence-electron chi connectivity index (χ0n) is 19.1. The lowest BCUT2D eigenvalue weighted by Gasteiger charge is -2.64. The molecule has 0 N–H and O–H groups in total. The van der Waals surface area contributed by atoms with Crippen LogP contribution >= 0.6 is 0 Å². The van der Waals surface area contributed by atoms with Crippen molar-refractivity contribution in [2.45, 2.75) is 44.4 Å². The van der Waals surface area contributed by atoms with Gasteiger partial charge >= 0.3 is 0 Å². The maximum absolute atomic E-state index is 13.8. The van der Waals surface area contributed by atoms with Gasteiger partial charge in [-0.05, 0) is 60.8 Å². The number of nitrogens with zero attached hydrogens (tertiary/aromatic N) is 4. The number of carbonyl (C=O) groups excluding carboxylic acids is 1. The second-order valence-electron chi connectivity index (χ2n) is 10.7. The van der Waals surface area contributed by atoms with Gasteiger partial charge in [0.05, 0.1) is 6.20 Å². The van der Waals surface area contributed by atoms with Crippen molar-refractivity contribution in [2.75, 3.05) is 31.1 Å². The first-order chi connectivity index (χ1) is 15.6. The second-order valence-corrected chi connectivity index (χ2v) is 10.7. The fraction of sp³-hybridized carbons (Fsp3) is 0.593. The Kier molecular flexibility index (Phi) is 4.96. The molecule has 1 amide bonds. The Morgan fingerprint density at radius 1 is 0.969 bits per heavy atom. The minimum atomic E-state index is 0.0352. The summed E-state index contributed by atoms with van der Waals surface area (Å²) in [5.74, 6) is 5.21. The standard InChI is InChI=1S/C27H34N4O/c1-19-20-13-23-15-21(19)16-24(14-20)27(23,22-5-3-2-4-6-22)17-26(32)31-11-9-30(10-12-31)25-18-28-7-8-29-25/h2-8,18-21,23-24H,9-17H2,1H3. The smallest absolute Gasteiger partial charge is 0.223 e. The maximum atomic E-state index is 13.8. The number of aromatic nitrogens is 2. The molecule has 1 saturated heterocycles. The lowest BCUT2D eigenvalue weighted by Crippen LogP contribution is -2.60. The van der Waals surface area contributed by atoms with E-state index in [9.17, 15) is 4.79 Å². The van der Waals surface area contributed by atoms with E-state index in [2.05, 4.69) is 57.0 Å². The van der Waals surface area contributed by atoms with E-state index in [1.165, 1.54) is 31.2 Å². The largest absolute Gasteiger partial charge is 0.352 e. The third-order valence-electron chi connectivity index (χ3n) is 9.55. The first kappa shape index (κ1) is 20.2. The number of piperazine rings is 1. The molecule has 0 radical (unpaired) electrons. The van der Waals surface area contributed by atoms with Gasteiger partial charge in [-0.1, -0.05) is 37.3 Å². The summed E-state index contributed by atoms with van der Waals surface area (Å²) in [4.78, 5) is 26.7.